The molecule has 2 heterocycles. The second-order valence-corrected chi connectivity index (χ2v) is 8.19. The van der Waals surface area contributed by atoms with Crippen LogP contribution in [0.5, 0.6) is 5.75 Å². The molecule has 29 heavy (non-hydrogen) atoms. The van der Waals surface area contributed by atoms with Crippen LogP contribution in [0.4, 0.5) is 0 Å². The molecule has 3 rings (SSSR count). The maximum atomic E-state index is 12.5. The van der Waals surface area contributed by atoms with Crippen molar-refractivity contribution in [2.45, 2.75) is 45.6 Å². The lowest BCUT2D eigenvalue weighted by molar-refractivity contribution is 0.0705. The van der Waals surface area contributed by atoms with Crippen molar-refractivity contribution in [3.05, 3.63) is 59.9 Å². The molecule has 1 amide bonds. The predicted molar refractivity (Wildman–Crippen MR) is 116 cm³/mol. The predicted octanol–water partition coefficient (Wildman–Crippen LogP) is 3.94. The maximum Gasteiger partial charge on any atom is 0.255 e. The average molecular weight is 396 g/mol. The van der Waals surface area contributed by atoms with Gasteiger partial charge in [0.2, 0.25) is 0 Å². The van der Waals surface area contributed by atoms with Crippen molar-refractivity contribution >= 4 is 5.91 Å². The Labute approximate surface area is 174 Å². The van der Waals surface area contributed by atoms with Gasteiger partial charge in [-0.05, 0) is 68.0 Å². The van der Waals surface area contributed by atoms with Crippen LogP contribution >= 0.6 is 0 Å². The van der Waals surface area contributed by atoms with Crippen molar-refractivity contribution in [1.29, 1.82) is 0 Å². The van der Waals surface area contributed by atoms with Gasteiger partial charge in [-0.25, -0.2) is 0 Å². The van der Waals surface area contributed by atoms with Gasteiger partial charge in [0.25, 0.3) is 5.91 Å². The molecule has 1 aromatic carbocycles. The second kappa shape index (κ2) is 11.0. The SMILES string of the molecule is CC(C)CCOc1ccc(CCNC2CCN(C(=O)c3cccnc3)CC2)cc1. The van der Waals surface area contributed by atoms with E-state index in [-0.39, 0.29) is 5.91 Å². The fourth-order valence-corrected chi connectivity index (χ4v) is 3.54. The Morgan fingerprint density at radius 3 is 2.62 bits per heavy atom. The molecule has 1 aromatic heterocycles. The van der Waals surface area contributed by atoms with Crippen LogP contribution in [-0.4, -0.2) is 48.1 Å². The standard InChI is InChI=1S/C24H33N3O2/c1-19(2)12-17-29-23-7-5-20(6-8-23)9-14-26-22-10-15-27(16-11-22)24(28)21-4-3-13-25-18-21/h3-8,13,18-19,22,26H,9-12,14-17H2,1-2H3. The Morgan fingerprint density at radius 1 is 1.21 bits per heavy atom. The van der Waals surface area contributed by atoms with Crippen molar-refractivity contribution in [3.8, 4) is 5.75 Å². The average Bonchev–Trinajstić information content (AvgIpc) is 2.75. The van der Waals surface area contributed by atoms with Gasteiger partial charge in [0, 0.05) is 31.5 Å². The van der Waals surface area contributed by atoms with Crippen LogP contribution in [0, 0.1) is 5.92 Å². The first kappa shape index (κ1) is 21.3. The summed E-state index contributed by atoms with van der Waals surface area (Å²) < 4.78 is 5.78. The van der Waals surface area contributed by atoms with Gasteiger partial charge in [-0.1, -0.05) is 26.0 Å². The third kappa shape index (κ3) is 6.86. The van der Waals surface area contributed by atoms with E-state index in [0.29, 0.717) is 17.5 Å². The number of hydrogen-bond donors (Lipinski definition) is 1. The highest BCUT2D eigenvalue weighted by molar-refractivity contribution is 5.93. The summed E-state index contributed by atoms with van der Waals surface area (Å²) in [5, 5.41) is 3.65. The molecule has 0 spiro atoms. The molecule has 0 radical (unpaired) electrons. The molecule has 0 atom stereocenters. The third-order valence-corrected chi connectivity index (χ3v) is 5.42. The maximum absolute atomic E-state index is 12.5. The zero-order chi connectivity index (χ0) is 20.5. The quantitative estimate of drug-likeness (QED) is 0.699. The number of rotatable bonds is 9. The third-order valence-electron chi connectivity index (χ3n) is 5.42. The number of benzene rings is 1. The number of carbonyl (C=O) groups is 1. The number of amides is 1. The van der Waals surface area contributed by atoms with E-state index >= 15 is 0 Å². The minimum atomic E-state index is 0.0900. The number of carbonyl (C=O) groups excluding carboxylic acids is 1. The van der Waals surface area contributed by atoms with Gasteiger partial charge >= 0.3 is 0 Å². The van der Waals surface area contributed by atoms with Crippen LogP contribution < -0.4 is 10.1 Å². The van der Waals surface area contributed by atoms with Gasteiger partial charge in [0.05, 0.1) is 12.2 Å². The fourth-order valence-electron chi connectivity index (χ4n) is 3.54. The van der Waals surface area contributed by atoms with E-state index < -0.39 is 0 Å². The fraction of sp³-hybridized carbons (Fsp3) is 0.500. The van der Waals surface area contributed by atoms with Crippen molar-refractivity contribution in [1.82, 2.24) is 15.2 Å². The molecule has 1 saturated heterocycles. The highest BCUT2D eigenvalue weighted by atomic mass is 16.5. The van der Waals surface area contributed by atoms with E-state index in [4.69, 9.17) is 4.74 Å². The highest BCUT2D eigenvalue weighted by Gasteiger charge is 2.23. The first-order valence-electron chi connectivity index (χ1n) is 10.8. The topological polar surface area (TPSA) is 54.5 Å². The Bertz CT molecular complexity index is 738. The molecule has 1 aliphatic heterocycles. The molecule has 1 aliphatic rings. The van der Waals surface area contributed by atoms with E-state index in [0.717, 1.165) is 57.7 Å². The summed E-state index contributed by atoms with van der Waals surface area (Å²) in [4.78, 5) is 18.5. The molecule has 5 nitrogen and oxygen atoms in total. The zero-order valence-electron chi connectivity index (χ0n) is 17.6. The number of nitrogens with one attached hydrogen (secondary N) is 1. The summed E-state index contributed by atoms with van der Waals surface area (Å²) in [5.41, 5.74) is 1.99. The largest absolute Gasteiger partial charge is 0.494 e. The van der Waals surface area contributed by atoms with Gasteiger partial charge in [-0.2, -0.15) is 0 Å². The van der Waals surface area contributed by atoms with E-state index in [1.807, 2.05) is 17.0 Å². The van der Waals surface area contributed by atoms with Crippen molar-refractivity contribution in [3.63, 3.8) is 0 Å². The van der Waals surface area contributed by atoms with Crippen LogP contribution in [-0.2, 0) is 6.42 Å². The van der Waals surface area contributed by atoms with Crippen molar-refractivity contribution in [2.75, 3.05) is 26.2 Å². The molecule has 0 aliphatic carbocycles. The molecule has 2 aromatic rings. The molecule has 5 heteroatoms. The number of ether oxygens (including phenoxy) is 1. The Morgan fingerprint density at radius 2 is 1.97 bits per heavy atom. The summed E-state index contributed by atoms with van der Waals surface area (Å²) in [6, 6.07) is 12.6. The van der Waals surface area contributed by atoms with Crippen molar-refractivity contribution in [2.24, 2.45) is 5.92 Å². The number of likely N-dealkylation sites (tertiary alicyclic amines) is 1. The number of nitrogens with zero attached hydrogens (tertiary/aromatic N) is 2. The summed E-state index contributed by atoms with van der Waals surface area (Å²) in [5.74, 6) is 1.71. The molecule has 0 unspecified atom stereocenters. The molecular formula is C24H33N3O2. The zero-order valence-corrected chi connectivity index (χ0v) is 17.6. The molecule has 1 fully saturated rings. The van der Waals surface area contributed by atoms with Gasteiger partial charge in [-0.15, -0.1) is 0 Å². The number of aromatic nitrogens is 1. The summed E-state index contributed by atoms with van der Waals surface area (Å²) in [6.45, 7) is 7.75. The Hall–Kier alpha value is -2.40. The first-order valence-corrected chi connectivity index (χ1v) is 10.8. The normalized spacial score (nSPS) is 14.9. The molecule has 0 bridgehead atoms. The molecule has 156 valence electrons. The Kier molecular flexibility index (Phi) is 8.05. The summed E-state index contributed by atoms with van der Waals surface area (Å²) in [7, 11) is 0. The van der Waals surface area contributed by atoms with Crippen molar-refractivity contribution < 1.29 is 9.53 Å². The smallest absolute Gasteiger partial charge is 0.255 e. The van der Waals surface area contributed by atoms with E-state index in [1.54, 1.807) is 12.4 Å². The van der Waals surface area contributed by atoms with Gasteiger partial charge in [0.15, 0.2) is 0 Å². The van der Waals surface area contributed by atoms with E-state index in [9.17, 15) is 4.79 Å². The number of pyridine rings is 1. The van der Waals surface area contributed by atoms with Gasteiger partial charge < -0.3 is 15.0 Å². The molecular weight excluding hydrogens is 362 g/mol. The molecule has 1 N–H and O–H groups in total. The summed E-state index contributed by atoms with van der Waals surface area (Å²) in [6.07, 6.45) is 7.41. The lowest BCUT2D eigenvalue weighted by Gasteiger charge is -2.32. The lowest BCUT2D eigenvalue weighted by Crippen LogP contribution is -2.45. The van der Waals surface area contributed by atoms with E-state index in [1.165, 1.54) is 5.56 Å². The van der Waals surface area contributed by atoms with Crippen LogP contribution in [0.1, 0.15) is 49.0 Å². The first-order chi connectivity index (χ1) is 14.1. The monoisotopic (exact) mass is 395 g/mol. The summed E-state index contributed by atoms with van der Waals surface area (Å²) >= 11 is 0. The van der Waals surface area contributed by atoms with Crippen LogP contribution in [0.3, 0.4) is 0 Å². The highest BCUT2D eigenvalue weighted by Crippen LogP contribution is 2.15. The van der Waals surface area contributed by atoms with Crippen LogP contribution in [0.25, 0.3) is 0 Å². The molecule has 0 saturated carbocycles. The van der Waals surface area contributed by atoms with Crippen LogP contribution in [0.2, 0.25) is 0 Å². The number of hydrogen-bond acceptors (Lipinski definition) is 4. The Balaban J connectivity index is 1.34. The van der Waals surface area contributed by atoms with Gasteiger partial charge in [0.1, 0.15) is 5.75 Å². The lowest BCUT2D eigenvalue weighted by atomic mass is 10.0. The van der Waals surface area contributed by atoms with Gasteiger partial charge in [-0.3, -0.25) is 9.78 Å². The van der Waals surface area contributed by atoms with E-state index in [2.05, 4.69) is 48.4 Å². The minimum absolute atomic E-state index is 0.0900. The second-order valence-electron chi connectivity index (χ2n) is 8.19. The minimum Gasteiger partial charge on any atom is -0.494 e. The number of piperidine rings is 1. The van der Waals surface area contributed by atoms with Crippen LogP contribution in [0.15, 0.2) is 48.8 Å².